The number of benzene rings is 4. The smallest absolute Gasteiger partial charge is 0.331 e. The molecule has 20 rings (SSSR count). The molecule has 4 aromatic heterocycles. The molecule has 8 aliphatic carbocycles. The highest BCUT2D eigenvalue weighted by molar-refractivity contribution is 7.92. The molecule has 0 radical (unpaired) electrons. The molecule has 0 saturated heterocycles. The molecule has 0 saturated carbocycles. The van der Waals surface area contributed by atoms with Crippen LogP contribution in [0.4, 0.5) is 41.9 Å². The predicted molar refractivity (Wildman–Crippen MR) is 462 cm³/mol. The van der Waals surface area contributed by atoms with Crippen LogP contribution in [-0.2, 0) is 173 Å². The van der Waals surface area contributed by atoms with Gasteiger partial charge in [0.05, 0.1) is 63.1 Å². The fraction of sp³-hybridized carbons (Fsp3) is 0.524. The summed E-state index contributed by atoms with van der Waals surface area (Å²) in [5, 5.41) is 28.6. The van der Waals surface area contributed by atoms with Crippen LogP contribution in [0.5, 0.6) is 23.5 Å². The number of urea groups is 4. The first kappa shape index (κ1) is 84.9. The number of hydrogen-bond donors (Lipinski definition) is 12. The van der Waals surface area contributed by atoms with Gasteiger partial charge in [0.15, 0.2) is 39.7 Å². The molecule has 4 aliphatic heterocycles. The summed E-state index contributed by atoms with van der Waals surface area (Å²) >= 11 is 0. The van der Waals surface area contributed by atoms with E-state index in [2.05, 4.69) is 86.5 Å². The quantitative estimate of drug-likeness (QED) is 0.0453. The second-order valence-electron chi connectivity index (χ2n) is 34.3. The molecule has 8 heterocycles. The Balaban J connectivity index is 0.000000116. The average molecular weight is 1760 g/mol. The maximum Gasteiger partial charge on any atom is 0.331 e. The summed E-state index contributed by atoms with van der Waals surface area (Å²) in [6.07, 6.45) is 31.5. The van der Waals surface area contributed by atoms with Crippen LogP contribution in [0.1, 0.15) is 164 Å². The zero-order chi connectivity index (χ0) is 86.1. The third kappa shape index (κ3) is 16.8. The summed E-state index contributed by atoms with van der Waals surface area (Å²) < 4.78 is 130. The molecule has 12 N–H and O–H groups in total. The first-order valence-corrected chi connectivity index (χ1v) is 49.0. The van der Waals surface area contributed by atoms with E-state index in [-0.39, 0.29) is 50.3 Å². The van der Waals surface area contributed by atoms with E-state index in [4.69, 9.17) is 42.8 Å². The Morgan fingerprint density at radius 1 is 0.374 bits per heavy atom. The summed E-state index contributed by atoms with van der Waals surface area (Å²) in [6.45, 7) is 8.21. The molecule has 8 aromatic rings. The molecule has 12 aliphatic rings. The van der Waals surface area contributed by atoms with Crippen LogP contribution in [0.25, 0.3) is 0 Å². The second-order valence-corrected chi connectivity index (χ2v) is 41.3. The Morgan fingerprint density at radius 2 is 0.650 bits per heavy atom. The fourth-order valence-corrected chi connectivity index (χ4v) is 24.0. The molecular weight excluding hydrogens is 1650 g/mol. The van der Waals surface area contributed by atoms with E-state index in [0.717, 1.165) is 190 Å². The van der Waals surface area contributed by atoms with Crippen molar-refractivity contribution in [2.45, 2.75) is 245 Å². The summed E-state index contributed by atoms with van der Waals surface area (Å²) in [6, 6.07) is 2.35. The molecule has 658 valence electrons. The molecule has 4 aromatic carbocycles. The molecule has 0 bridgehead atoms. The molecular formula is C84H110N22O13S4. The van der Waals surface area contributed by atoms with Gasteiger partial charge in [0, 0.05) is 36.4 Å². The third-order valence-corrected chi connectivity index (χ3v) is 31.7. The van der Waals surface area contributed by atoms with Gasteiger partial charge in [-0.3, -0.25) is 0 Å². The van der Waals surface area contributed by atoms with Gasteiger partial charge in [-0.15, -0.1) is 0 Å². The Labute approximate surface area is 717 Å². The van der Waals surface area contributed by atoms with Gasteiger partial charge in [-0.1, -0.05) is 12.1 Å². The lowest BCUT2D eigenvalue weighted by Gasteiger charge is -2.29. The molecule has 4 unspecified atom stereocenters. The Kier molecular flexibility index (Phi) is 23.7. The zero-order valence-corrected chi connectivity index (χ0v) is 73.9. The number of fused-ring (bicyclic) bond motifs is 12. The van der Waals surface area contributed by atoms with Gasteiger partial charge in [-0.25, -0.2) is 92.7 Å². The van der Waals surface area contributed by atoms with E-state index in [1.54, 1.807) is 21.2 Å². The van der Waals surface area contributed by atoms with Crippen molar-refractivity contribution in [3.8, 4) is 23.5 Å². The Morgan fingerprint density at radius 3 is 0.976 bits per heavy atom. The average Bonchev–Trinajstić information content (AvgIpc) is 1.63. The minimum absolute atomic E-state index is 0.0663. The number of aryl methyl sites for hydroxylation is 5. The number of methoxy groups -OCH3 is 1. The van der Waals surface area contributed by atoms with Gasteiger partial charge in [0.2, 0.25) is 23.5 Å². The SMILES string of the molecule is CN(C)[C@@H]1COc2c(S(=N)(=O)NC(=O)Nc3c4c(cc5c3CCC5)CCC4)cnn2C1.CN(C)[C@@H]1COc2c(S(=N)(=O)NC(=O)Nc3c4c(cc5c3CCC5)CCC4)cnn2C1.CO[C@@H]1COc2c(S(=N)(=O)NC(=O)Nc3c4c(c(C)c5c3CCC5)CCC4)cnn2C1.Cc1c2c(c(NC(=O)NS(=N)(=O)c3cnn4c3OCCCC4)c3c1CCC3)CCC2. The van der Waals surface area contributed by atoms with Crippen LogP contribution in [0, 0.1) is 33.0 Å². The van der Waals surface area contributed by atoms with Crippen LogP contribution in [0.3, 0.4) is 0 Å². The number of likely N-dealkylation sites (N-methyl/N-ethyl adjacent to an activating group) is 2. The van der Waals surface area contributed by atoms with Crippen LogP contribution in [0.15, 0.2) is 56.5 Å². The number of carbonyl (C=O) groups is 4. The number of nitrogens with zero attached hydrogens (tertiary/aromatic N) is 10. The van der Waals surface area contributed by atoms with Crippen molar-refractivity contribution in [1.29, 1.82) is 19.1 Å². The number of amides is 8. The lowest BCUT2D eigenvalue weighted by molar-refractivity contribution is 0.0165. The van der Waals surface area contributed by atoms with Crippen molar-refractivity contribution in [2.24, 2.45) is 0 Å². The first-order valence-electron chi connectivity index (χ1n) is 42.8. The summed E-state index contributed by atoms with van der Waals surface area (Å²) in [4.78, 5) is 55.8. The van der Waals surface area contributed by atoms with Crippen LogP contribution >= 0.6 is 0 Å². The number of anilines is 4. The highest BCUT2D eigenvalue weighted by Gasteiger charge is 2.38. The maximum absolute atomic E-state index is 13.2. The van der Waals surface area contributed by atoms with Crippen LogP contribution < -0.4 is 59.1 Å². The Hall–Kier alpha value is -10.3. The molecule has 39 heteroatoms. The van der Waals surface area contributed by atoms with E-state index < -0.39 is 63.8 Å². The van der Waals surface area contributed by atoms with Gasteiger partial charge < -0.3 is 54.8 Å². The van der Waals surface area contributed by atoms with Crippen LogP contribution in [-0.4, -0.2) is 170 Å². The largest absolute Gasteiger partial charge is 0.477 e. The van der Waals surface area contributed by atoms with Crippen molar-refractivity contribution in [3.63, 3.8) is 0 Å². The van der Waals surface area contributed by atoms with Gasteiger partial charge in [0.25, 0.3) is 0 Å². The standard InChI is InChI=1S/2C21H28N6O3S.C21H27N5O4S.C21H27N5O3S/c2*1-26(2)15-11-27-20(30-12-15)18(10-23-27)31(22,29)25-21(28)24-19-16-7-3-5-13(16)9-14-6-4-8-17(14)19;1-12-14-5-3-7-16(14)19(17-8-4-6-15(12)17)24-21(27)25-31(22,28)18-9-23-26-10-13(29-2)11-30-20(18)26;1-13-14-6-4-8-16(14)19(17-9-5-7-15(13)17)24-21(27)25-30(22,28)18-12-23-26-10-2-3-11-29-20(18)26/h2*9-10,15H,3-8,11-12H2,1-2H3,(H3,22,24,25,28,29);9,13H,3-8,10-11H2,1-2H3,(H3,22,24,25,27,28);12H,2-11H2,1H3,(H3,22,24,25,27,28)/t2*15-,31?;13-,31?;/m000./s1. The predicted octanol–water partition coefficient (Wildman–Crippen LogP) is 10.9. The topological polar surface area (TPSA) is 452 Å². The normalized spacial score (nSPS) is 20.5. The molecule has 8 amide bonds. The summed E-state index contributed by atoms with van der Waals surface area (Å²) in [5.74, 6) is 1.15. The number of aromatic nitrogens is 8. The van der Waals surface area contributed by atoms with E-state index in [0.29, 0.717) is 63.6 Å². The molecule has 123 heavy (non-hydrogen) atoms. The Bertz CT molecular complexity index is 5750. The molecule has 0 fully saturated rings. The minimum Gasteiger partial charge on any atom is -0.477 e. The minimum atomic E-state index is -3.65. The number of rotatable bonds is 15. The highest BCUT2D eigenvalue weighted by Crippen LogP contribution is 2.46. The highest BCUT2D eigenvalue weighted by atomic mass is 32.2. The number of hydrogen-bond acceptors (Lipinski definition) is 23. The van der Waals surface area contributed by atoms with Gasteiger partial charge >= 0.3 is 24.1 Å². The lowest BCUT2D eigenvalue weighted by atomic mass is 9.93. The lowest BCUT2D eigenvalue weighted by Crippen LogP contribution is -2.41. The zero-order valence-electron chi connectivity index (χ0n) is 70.7. The first-order chi connectivity index (χ1) is 59.0. The molecule has 0 spiro atoms. The van der Waals surface area contributed by atoms with Crippen molar-refractivity contribution in [3.05, 3.63) is 137 Å². The molecule has 35 nitrogen and oxygen atoms in total. The van der Waals surface area contributed by atoms with E-state index in [1.165, 1.54) is 130 Å². The second kappa shape index (κ2) is 34.3. The van der Waals surface area contributed by atoms with E-state index in [1.807, 2.05) is 38.0 Å². The monoisotopic (exact) mass is 1760 g/mol. The number of carbonyl (C=O) groups excluding carboxylic acids is 4. The number of nitrogens with one attached hydrogen (secondary N) is 12. The van der Waals surface area contributed by atoms with Crippen LogP contribution in [0.2, 0.25) is 0 Å². The fourth-order valence-electron chi connectivity index (χ4n) is 19.9. The van der Waals surface area contributed by atoms with Crippen molar-refractivity contribution in [2.75, 3.05) is 83.0 Å². The summed E-state index contributed by atoms with van der Waals surface area (Å²) in [5.41, 5.74) is 26.4. The van der Waals surface area contributed by atoms with Crippen molar-refractivity contribution >= 4 is 86.5 Å². The van der Waals surface area contributed by atoms with E-state index >= 15 is 0 Å². The maximum atomic E-state index is 13.2. The van der Waals surface area contributed by atoms with Crippen molar-refractivity contribution < 1.29 is 59.7 Å². The van der Waals surface area contributed by atoms with Gasteiger partial charge in [-0.05, 0) is 309 Å². The van der Waals surface area contributed by atoms with Gasteiger partial charge in [0.1, 0.15) is 45.5 Å². The molecule has 7 atom stereocenters. The van der Waals surface area contributed by atoms with E-state index in [9.17, 15) is 36.0 Å². The summed E-state index contributed by atoms with van der Waals surface area (Å²) in [7, 11) is -5.09. The number of ether oxygens (including phenoxy) is 5. The van der Waals surface area contributed by atoms with Crippen molar-refractivity contribution in [1.82, 2.24) is 67.8 Å². The third-order valence-electron chi connectivity index (χ3n) is 26.2. The van der Waals surface area contributed by atoms with Gasteiger partial charge in [-0.2, -0.15) is 20.4 Å².